The first-order valence-corrected chi connectivity index (χ1v) is 23.2. The Hall–Kier alpha value is -8.78. The summed E-state index contributed by atoms with van der Waals surface area (Å²) in [5.41, 5.74) is 13.9. The van der Waals surface area contributed by atoms with Gasteiger partial charge in [0.2, 0.25) is 0 Å². The fourth-order valence-electron chi connectivity index (χ4n) is 11.2. The third-order valence-electron chi connectivity index (χ3n) is 14.2. The highest BCUT2D eigenvalue weighted by Crippen LogP contribution is 2.48. The highest BCUT2D eigenvalue weighted by Gasteiger charge is 2.21. The number of benzene rings is 13. The summed E-state index contributed by atoms with van der Waals surface area (Å²) in [6.45, 7) is 0. The molecule has 67 heavy (non-hydrogen) atoms. The minimum atomic E-state index is 0.906. The van der Waals surface area contributed by atoms with Gasteiger partial charge in [-0.15, -0.1) is 0 Å². The minimum Gasteiger partial charge on any atom is -0.455 e. The van der Waals surface area contributed by atoms with Crippen LogP contribution >= 0.6 is 0 Å². The Morgan fingerprint density at radius 2 is 0.701 bits per heavy atom. The van der Waals surface area contributed by atoms with Crippen molar-refractivity contribution < 1.29 is 4.42 Å². The molecule has 310 valence electrons. The van der Waals surface area contributed by atoms with Crippen LogP contribution in [0, 0.1) is 0 Å². The van der Waals surface area contributed by atoms with Crippen LogP contribution in [-0.2, 0) is 0 Å². The lowest BCUT2D eigenvalue weighted by Crippen LogP contribution is -1.92. The summed E-state index contributed by atoms with van der Waals surface area (Å²) in [6, 6.07) is 89.1. The quantitative estimate of drug-likeness (QED) is 0.124. The van der Waals surface area contributed by atoms with Crippen molar-refractivity contribution in [2.75, 3.05) is 0 Å². The van der Waals surface area contributed by atoms with Crippen molar-refractivity contribution in [1.82, 2.24) is 0 Å². The molecule has 1 heteroatoms. The molecule has 1 nitrogen and oxygen atoms in total. The van der Waals surface area contributed by atoms with Crippen LogP contribution in [0.5, 0.6) is 0 Å². The maximum absolute atomic E-state index is 6.72. The topological polar surface area (TPSA) is 13.1 Å². The molecule has 0 aliphatic carbocycles. The molecule has 14 rings (SSSR count). The number of hydrogen-bond acceptors (Lipinski definition) is 1. The van der Waals surface area contributed by atoms with Gasteiger partial charge in [-0.05, 0) is 139 Å². The van der Waals surface area contributed by atoms with Crippen LogP contribution < -0.4 is 0 Å². The van der Waals surface area contributed by atoms with Gasteiger partial charge in [-0.3, -0.25) is 0 Å². The largest absolute Gasteiger partial charge is 0.455 e. The maximum Gasteiger partial charge on any atom is 0.143 e. The van der Waals surface area contributed by atoms with Gasteiger partial charge in [-0.25, -0.2) is 0 Å². The molecule has 0 saturated carbocycles. The van der Waals surface area contributed by atoms with E-state index < -0.39 is 0 Å². The molecule has 0 aliphatic rings. The highest BCUT2D eigenvalue weighted by atomic mass is 16.3. The summed E-state index contributed by atoms with van der Waals surface area (Å²) in [5, 5.41) is 17.2. The van der Waals surface area contributed by atoms with Crippen LogP contribution in [0.15, 0.2) is 247 Å². The fourth-order valence-corrected chi connectivity index (χ4v) is 11.2. The lowest BCUT2D eigenvalue weighted by Gasteiger charge is -2.20. The minimum absolute atomic E-state index is 0.906. The van der Waals surface area contributed by atoms with Crippen molar-refractivity contribution in [3.63, 3.8) is 0 Å². The van der Waals surface area contributed by atoms with Crippen LogP contribution in [-0.4, -0.2) is 0 Å². The Balaban J connectivity index is 0.974. The Kier molecular flexibility index (Phi) is 8.35. The van der Waals surface area contributed by atoms with E-state index in [1.807, 2.05) is 0 Å². The van der Waals surface area contributed by atoms with Gasteiger partial charge >= 0.3 is 0 Å². The Morgan fingerprint density at radius 3 is 1.45 bits per heavy atom. The third kappa shape index (κ3) is 5.81. The lowest BCUT2D eigenvalue weighted by molar-refractivity contribution is 0.670. The fraction of sp³-hybridized carbons (Fsp3) is 0. The molecule has 0 N–H and O–H groups in total. The SMILES string of the molecule is c1ccc(-c2ccc(-c3c4ccccc4c(-c4cccc5c4ccc4c6ccccc6c(-c6cccc(-c7cc8ccccc8c8c7oc7ccccc78)c6)cc54)c4ccccc34)cc2)cc1. The molecule has 1 heterocycles. The van der Waals surface area contributed by atoms with Gasteiger partial charge in [0.15, 0.2) is 0 Å². The summed E-state index contributed by atoms with van der Waals surface area (Å²) in [6.07, 6.45) is 0. The first-order chi connectivity index (χ1) is 33.2. The summed E-state index contributed by atoms with van der Waals surface area (Å²) < 4.78 is 6.72. The lowest BCUT2D eigenvalue weighted by atomic mass is 9.83. The van der Waals surface area contributed by atoms with Gasteiger partial charge in [0, 0.05) is 16.3 Å². The molecule has 14 aromatic rings. The number of furan rings is 1. The van der Waals surface area contributed by atoms with E-state index in [9.17, 15) is 0 Å². The molecule has 1 aromatic heterocycles. The van der Waals surface area contributed by atoms with E-state index in [-0.39, 0.29) is 0 Å². The second kappa shape index (κ2) is 14.9. The third-order valence-corrected chi connectivity index (χ3v) is 14.2. The molecule has 0 spiro atoms. The van der Waals surface area contributed by atoms with Crippen molar-refractivity contribution in [2.45, 2.75) is 0 Å². The average molecular weight is 849 g/mol. The summed E-state index contributed by atoms with van der Waals surface area (Å²) in [7, 11) is 0. The molecule has 0 atom stereocenters. The van der Waals surface area contributed by atoms with Crippen LogP contribution in [0.1, 0.15) is 0 Å². The van der Waals surface area contributed by atoms with Crippen LogP contribution in [0.2, 0.25) is 0 Å². The zero-order chi connectivity index (χ0) is 44.0. The number of para-hydroxylation sites is 1. The van der Waals surface area contributed by atoms with Crippen LogP contribution in [0.4, 0.5) is 0 Å². The van der Waals surface area contributed by atoms with E-state index in [1.54, 1.807) is 0 Å². The zero-order valence-corrected chi connectivity index (χ0v) is 36.5. The molecule has 0 amide bonds. The smallest absolute Gasteiger partial charge is 0.143 e. The normalized spacial score (nSPS) is 11.9. The predicted octanol–water partition coefficient (Wildman–Crippen LogP) is 18.8. The van der Waals surface area contributed by atoms with E-state index in [0.717, 1.165) is 27.7 Å². The molecule has 13 aromatic carbocycles. The monoisotopic (exact) mass is 848 g/mol. The van der Waals surface area contributed by atoms with E-state index in [4.69, 9.17) is 4.42 Å². The Morgan fingerprint density at radius 1 is 0.224 bits per heavy atom. The standard InChI is InChI=1S/C66H40O/c1-2-16-41(17-3-1)42-32-34-43(35-33-42)63-54-24-8-10-26-56(54)64(57-27-11-9-25-55(57)63)53-30-15-29-50-51(53)36-37-52-48-22-6-7-23-49(48)59(40-61(50)52)44-19-14-20-45(38-44)60-39-46-18-4-5-21-47(46)65-58-28-12-13-31-62(58)67-66(60)65/h1-40H. The molecule has 0 radical (unpaired) electrons. The maximum atomic E-state index is 6.72. The number of rotatable bonds is 5. The van der Waals surface area contributed by atoms with Crippen molar-refractivity contribution >= 4 is 86.6 Å². The second-order valence-corrected chi connectivity index (χ2v) is 17.8. The van der Waals surface area contributed by atoms with E-state index in [2.05, 4.69) is 243 Å². The molecule has 0 unspecified atom stereocenters. The number of fused-ring (bicyclic) bond motifs is 12. The van der Waals surface area contributed by atoms with E-state index >= 15 is 0 Å². The Bertz CT molecular complexity index is 4250. The van der Waals surface area contributed by atoms with Gasteiger partial charge in [0.1, 0.15) is 11.2 Å². The van der Waals surface area contributed by atoms with Crippen LogP contribution in [0.25, 0.3) is 142 Å². The average Bonchev–Trinajstić information content (AvgIpc) is 3.80. The van der Waals surface area contributed by atoms with Gasteiger partial charge in [0.25, 0.3) is 0 Å². The second-order valence-electron chi connectivity index (χ2n) is 17.8. The highest BCUT2D eigenvalue weighted by molar-refractivity contribution is 6.27. The van der Waals surface area contributed by atoms with Crippen molar-refractivity contribution in [3.05, 3.63) is 243 Å². The van der Waals surface area contributed by atoms with Gasteiger partial charge < -0.3 is 4.42 Å². The molecular formula is C66H40O. The van der Waals surface area contributed by atoms with E-state index in [1.165, 1.54) is 115 Å². The zero-order valence-electron chi connectivity index (χ0n) is 36.5. The summed E-state index contributed by atoms with van der Waals surface area (Å²) in [4.78, 5) is 0. The molecular weight excluding hydrogens is 809 g/mol. The van der Waals surface area contributed by atoms with Crippen LogP contribution in [0.3, 0.4) is 0 Å². The predicted molar refractivity (Wildman–Crippen MR) is 286 cm³/mol. The first kappa shape index (κ1) is 37.6. The van der Waals surface area contributed by atoms with Gasteiger partial charge in [-0.2, -0.15) is 0 Å². The van der Waals surface area contributed by atoms with Gasteiger partial charge in [0.05, 0.1) is 0 Å². The Labute approximate surface area is 387 Å². The first-order valence-electron chi connectivity index (χ1n) is 23.2. The molecule has 0 bridgehead atoms. The van der Waals surface area contributed by atoms with Crippen molar-refractivity contribution in [3.8, 4) is 55.6 Å². The van der Waals surface area contributed by atoms with E-state index in [0.29, 0.717) is 0 Å². The molecule has 0 saturated heterocycles. The van der Waals surface area contributed by atoms with Gasteiger partial charge in [-0.1, -0.05) is 218 Å². The summed E-state index contributed by atoms with van der Waals surface area (Å²) in [5.74, 6) is 0. The molecule has 0 fully saturated rings. The number of hydrogen-bond donors (Lipinski definition) is 0. The van der Waals surface area contributed by atoms with Crippen molar-refractivity contribution in [2.24, 2.45) is 0 Å². The summed E-state index contributed by atoms with van der Waals surface area (Å²) >= 11 is 0. The van der Waals surface area contributed by atoms with Crippen molar-refractivity contribution in [1.29, 1.82) is 0 Å². The molecule has 0 aliphatic heterocycles.